The highest BCUT2D eigenvalue weighted by Crippen LogP contribution is 2.24. The summed E-state index contributed by atoms with van der Waals surface area (Å²) < 4.78 is 1.65. The summed E-state index contributed by atoms with van der Waals surface area (Å²) in [7, 11) is 0. The number of nitrogens with two attached hydrogens (primary N) is 1. The van der Waals surface area contributed by atoms with E-state index in [0.717, 1.165) is 12.1 Å². The fourth-order valence-corrected chi connectivity index (χ4v) is 2.68. The summed E-state index contributed by atoms with van der Waals surface area (Å²) in [4.78, 5) is 0. The molecule has 3 N–H and O–H groups in total. The molecule has 1 heterocycles. The van der Waals surface area contributed by atoms with Crippen LogP contribution in [0.1, 0.15) is 13.3 Å². The van der Waals surface area contributed by atoms with Gasteiger partial charge in [-0.3, -0.25) is 0 Å². The molecular weight excluding hydrogens is 262 g/mol. The minimum atomic E-state index is -0.113. The lowest BCUT2D eigenvalue weighted by atomic mass is 10.2. The van der Waals surface area contributed by atoms with Crippen LogP contribution in [0.4, 0.5) is 0 Å². The van der Waals surface area contributed by atoms with Crippen LogP contribution in [0.3, 0.4) is 0 Å². The number of nitrogens with zero attached hydrogens (tertiary/aromatic N) is 4. The number of aromatic nitrogens is 4. The van der Waals surface area contributed by atoms with Crippen LogP contribution in [-0.4, -0.2) is 43.2 Å². The Bertz CT molecular complexity index is 504. The summed E-state index contributed by atoms with van der Waals surface area (Å²) in [6.45, 7) is 2.00. The van der Waals surface area contributed by atoms with Crippen LogP contribution in [0.15, 0.2) is 35.5 Å². The van der Waals surface area contributed by atoms with E-state index in [2.05, 4.69) is 15.5 Å². The van der Waals surface area contributed by atoms with Crippen molar-refractivity contribution in [2.45, 2.75) is 29.8 Å². The predicted molar refractivity (Wildman–Crippen MR) is 74.2 cm³/mol. The molecule has 0 fully saturated rings. The summed E-state index contributed by atoms with van der Waals surface area (Å²) in [5.74, 6) is 0. The van der Waals surface area contributed by atoms with Gasteiger partial charge in [-0.15, -0.1) is 5.10 Å². The van der Waals surface area contributed by atoms with Crippen molar-refractivity contribution in [3.63, 3.8) is 0 Å². The maximum Gasteiger partial charge on any atom is 0.214 e. The molecule has 19 heavy (non-hydrogen) atoms. The predicted octanol–water partition coefficient (Wildman–Crippen LogP) is 0.853. The van der Waals surface area contributed by atoms with Crippen molar-refractivity contribution in [1.82, 2.24) is 20.2 Å². The number of aliphatic hydroxyl groups is 1. The molecule has 6 nitrogen and oxygen atoms in total. The Kier molecular flexibility index (Phi) is 4.89. The van der Waals surface area contributed by atoms with Crippen LogP contribution in [-0.2, 0) is 0 Å². The number of thioether (sulfide) groups is 1. The third-order valence-electron chi connectivity index (χ3n) is 2.83. The van der Waals surface area contributed by atoms with Crippen molar-refractivity contribution in [1.29, 1.82) is 0 Å². The Morgan fingerprint density at radius 2 is 2.11 bits per heavy atom. The zero-order valence-electron chi connectivity index (χ0n) is 10.7. The summed E-state index contributed by atoms with van der Waals surface area (Å²) in [5.41, 5.74) is 6.86. The van der Waals surface area contributed by atoms with Gasteiger partial charge in [0.15, 0.2) is 0 Å². The molecule has 0 saturated heterocycles. The van der Waals surface area contributed by atoms with Gasteiger partial charge in [0.05, 0.1) is 17.5 Å². The Hall–Kier alpha value is -1.44. The van der Waals surface area contributed by atoms with Crippen molar-refractivity contribution < 1.29 is 5.11 Å². The Labute approximate surface area is 116 Å². The molecule has 2 unspecified atom stereocenters. The molecule has 0 aliphatic rings. The number of rotatable bonds is 6. The third-order valence-corrected chi connectivity index (χ3v) is 4.09. The van der Waals surface area contributed by atoms with Crippen molar-refractivity contribution in [3.8, 4) is 5.69 Å². The summed E-state index contributed by atoms with van der Waals surface area (Å²) in [6.07, 6.45) is 0.797. The van der Waals surface area contributed by atoms with E-state index in [0.29, 0.717) is 5.16 Å². The van der Waals surface area contributed by atoms with Crippen LogP contribution in [0.5, 0.6) is 0 Å². The second-order valence-electron chi connectivity index (χ2n) is 4.12. The summed E-state index contributed by atoms with van der Waals surface area (Å²) in [5, 5.41) is 21.6. The minimum absolute atomic E-state index is 0.00131. The topological polar surface area (TPSA) is 89.8 Å². The van der Waals surface area contributed by atoms with Gasteiger partial charge in [0.25, 0.3) is 0 Å². The Balaban J connectivity index is 2.20. The first-order valence-electron chi connectivity index (χ1n) is 6.13. The quantitative estimate of drug-likeness (QED) is 0.762. The molecule has 7 heteroatoms. The zero-order chi connectivity index (χ0) is 13.7. The molecule has 2 rings (SSSR count). The standard InChI is InChI=1S/C12H17N5OS/c1-2-10(13)11(8-18)19-12-14-15-16-17(12)9-6-4-3-5-7-9/h3-7,10-11,18H,2,8,13H2,1H3. The monoisotopic (exact) mass is 279 g/mol. The first kappa shape index (κ1) is 14.0. The van der Waals surface area contributed by atoms with Gasteiger partial charge in [0.2, 0.25) is 5.16 Å². The van der Waals surface area contributed by atoms with E-state index in [4.69, 9.17) is 5.73 Å². The lowest BCUT2D eigenvalue weighted by Crippen LogP contribution is -2.34. The number of tetrazole rings is 1. The smallest absolute Gasteiger partial charge is 0.214 e. The Morgan fingerprint density at radius 1 is 1.37 bits per heavy atom. The van der Waals surface area contributed by atoms with Crippen LogP contribution in [0.25, 0.3) is 5.69 Å². The van der Waals surface area contributed by atoms with E-state index in [9.17, 15) is 5.11 Å². The molecule has 1 aromatic carbocycles. The van der Waals surface area contributed by atoms with Gasteiger partial charge in [-0.05, 0) is 29.0 Å². The summed E-state index contributed by atoms with van der Waals surface area (Å²) >= 11 is 1.40. The van der Waals surface area contributed by atoms with Gasteiger partial charge in [-0.25, -0.2) is 0 Å². The second kappa shape index (κ2) is 6.65. The maximum absolute atomic E-state index is 9.41. The van der Waals surface area contributed by atoms with E-state index in [1.54, 1.807) is 4.68 Å². The Morgan fingerprint density at radius 3 is 2.74 bits per heavy atom. The number of hydrogen-bond donors (Lipinski definition) is 2. The third kappa shape index (κ3) is 3.31. The highest BCUT2D eigenvalue weighted by atomic mass is 32.2. The van der Waals surface area contributed by atoms with Gasteiger partial charge in [0.1, 0.15) is 0 Å². The average molecular weight is 279 g/mol. The molecule has 0 aliphatic heterocycles. The lowest BCUT2D eigenvalue weighted by molar-refractivity contribution is 0.281. The number of para-hydroxylation sites is 1. The minimum Gasteiger partial charge on any atom is -0.395 e. The molecule has 0 bridgehead atoms. The maximum atomic E-state index is 9.41. The van der Waals surface area contributed by atoms with Crippen LogP contribution < -0.4 is 5.73 Å². The van der Waals surface area contributed by atoms with Crippen molar-refractivity contribution in [2.75, 3.05) is 6.61 Å². The largest absolute Gasteiger partial charge is 0.395 e. The second-order valence-corrected chi connectivity index (χ2v) is 5.33. The van der Waals surface area contributed by atoms with Crippen LogP contribution >= 0.6 is 11.8 Å². The highest BCUT2D eigenvalue weighted by Gasteiger charge is 2.20. The summed E-state index contributed by atoms with van der Waals surface area (Å²) in [6, 6.07) is 9.54. The van der Waals surface area contributed by atoms with Crippen molar-refractivity contribution in [2.24, 2.45) is 5.73 Å². The van der Waals surface area contributed by atoms with E-state index in [1.807, 2.05) is 37.3 Å². The molecule has 0 radical (unpaired) electrons. The van der Waals surface area contributed by atoms with Gasteiger partial charge in [0, 0.05) is 6.04 Å². The van der Waals surface area contributed by atoms with Gasteiger partial charge >= 0.3 is 0 Å². The molecule has 0 amide bonds. The number of benzene rings is 1. The molecule has 2 aromatic rings. The van der Waals surface area contributed by atoms with Crippen molar-refractivity contribution in [3.05, 3.63) is 30.3 Å². The fraction of sp³-hybridized carbons (Fsp3) is 0.417. The SMILES string of the molecule is CCC(N)C(CO)Sc1nnnn1-c1ccccc1. The van der Waals surface area contributed by atoms with E-state index in [1.165, 1.54) is 11.8 Å². The van der Waals surface area contributed by atoms with E-state index in [-0.39, 0.29) is 17.9 Å². The van der Waals surface area contributed by atoms with E-state index >= 15 is 0 Å². The molecule has 2 atom stereocenters. The van der Waals surface area contributed by atoms with Gasteiger partial charge in [-0.1, -0.05) is 36.9 Å². The fourth-order valence-electron chi connectivity index (χ4n) is 1.64. The molecule has 1 aromatic heterocycles. The van der Waals surface area contributed by atoms with Gasteiger partial charge < -0.3 is 10.8 Å². The normalized spacial score (nSPS) is 14.3. The molecular formula is C12H17N5OS. The molecule has 0 saturated carbocycles. The lowest BCUT2D eigenvalue weighted by Gasteiger charge is -2.19. The average Bonchev–Trinajstić information content (AvgIpc) is 2.93. The molecule has 0 spiro atoms. The molecule has 102 valence electrons. The van der Waals surface area contributed by atoms with Crippen LogP contribution in [0.2, 0.25) is 0 Å². The van der Waals surface area contributed by atoms with E-state index < -0.39 is 0 Å². The number of aliphatic hydroxyl groups excluding tert-OH is 1. The van der Waals surface area contributed by atoms with Gasteiger partial charge in [-0.2, -0.15) is 4.68 Å². The molecule has 0 aliphatic carbocycles. The first-order chi connectivity index (χ1) is 9.26. The zero-order valence-corrected chi connectivity index (χ0v) is 11.5. The van der Waals surface area contributed by atoms with Crippen LogP contribution in [0, 0.1) is 0 Å². The first-order valence-corrected chi connectivity index (χ1v) is 7.01. The highest BCUT2D eigenvalue weighted by molar-refractivity contribution is 7.99. The van der Waals surface area contributed by atoms with Crippen molar-refractivity contribution >= 4 is 11.8 Å². The number of hydrogen-bond acceptors (Lipinski definition) is 6.